The summed E-state index contributed by atoms with van der Waals surface area (Å²) in [5, 5.41) is 3.06. The summed E-state index contributed by atoms with van der Waals surface area (Å²) in [7, 11) is 11.6. The van der Waals surface area contributed by atoms with E-state index in [4.69, 9.17) is 4.74 Å². The third-order valence-electron chi connectivity index (χ3n) is 21.2. The number of hydrogen-bond acceptors (Lipinski definition) is 11. The van der Waals surface area contributed by atoms with Crippen LogP contribution in [-0.2, 0) is 21.4 Å². The molecule has 0 radical (unpaired) electrons. The molecule has 6 amide bonds. The predicted octanol–water partition coefficient (Wildman–Crippen LogP) is 13.2. The smallest absolute Gasteiger partial charge is 0.404 e. The number of halogens is 11. The second kappa shape index (κ2) is 25.5. The standard InChI is InChI=1S/C25H29F3N4O.C24H25F5N4O3.C21H23F3N4O/c1-16-9-20(22(27)28)29-11-21(16)31-15-24(32(23(31)33)12-17-7-8-17)13-25(14-24,30(2)3)18-5-4-6-19(26)10-18;1-31(2)23(16-4-3-5-17(25)8-16)10-22(11-23)13-32(20(34)33(22)12-21(26)14-35-15-21)19-7-6-18(9-30-19)36-24(27,28)29;1-13-7-16(18(23)24)25-9-17(13)28-12-20(26-19(28)29)10-21(11-20,27(2)3)14-5-4-6-15(22)8-14/h4-6,9-11,17,22H,7-8,12-15H2,1-3H3;3-9H,10-15H2,1-2H3;4-9,18H,10-12H2,1-3H3,(H,26,29). The Labute approximate surface area is 560 Å². The molecular formula is C70H77F11N12O5. The van der Waals surface area contributed by atoms with Crippen LogP contribution in [0.15, 0.2) is 116 Å². The van der Waals surface area contributed by atoms with E-state index in [9.17, 15) is 58.3 Å². The van der Waals surface area contributed by atoms with Gasteiger partial charge < -0.3 is 24.6 Å². The van der Waals surface area contributed by atoms with E-state index in [2.05, 4.69) is 34.8 Å². The molecule has 14 rings (SSSR count). The highest BCUT2D eigenvalue weighted by molar-refractivity contribution is 5.97. The maximum atomic E-state index is 15.2. The van der Waals surface area contributed by atoms with Gasteiger partial charge in [-0.25, -0.2) is 54.5 Å². The normalized spacial score (nSPS) is 27.0. The number of hydrogen-bond donors (Lipinski definition) is 1. The minimum Gasteiger partial charge on any atom is -0.404 e. The Hall–Kier alpha value is -8.21. The molecule has 3 spiro atoms. The van der Waals surface area contributed by atoms with Gasteiger partial charge in [0.25, 0.3) is 12.9 Å². The Morgan fingerprint density at radius 1 is 0.582 bits per heavy atom. The Bertz CT molecular complexity index is 3990. The first-order valence-corrected chi connectivity index (χ1v) is 32.2. The number of rotatable bonds is 16. The lowest BCUT2D eigenvalue weighted by atomic mass is 9.58. The molecule has 7 heterocycles. The first-order chi connectivity index (χ1) is 46.2. The zero-order valence-corrected chi connectivity index (χ0v) is 55.4. The van der Waals surface area contributed by atoms with Gasteiger partial charge in [0, 0.05) is 6.54 Å². The van der Waals surface area contributed by atoms with Crippen LogP contribution in [0.25, 0.3) is 0 Å². The first-order valence-electron chi connectivity index (χ1n) is 32.2. The van der Waals surface area contributed by atoms with E-state index < -0.39 is 53.3 Å². The van der Waals surface area contributed by atoms with E-state index in [1.807, 2.05) is 70.3 Å². The molecule has 8 aliphatic rings. The molecule has 0 atom stereocenters. The fourth-order valence-corrected chi connectivity index (χ4v) is 15.9. The Balaban J connectivity index is 0.000000141. The third-order valence-corrected chi connectivity index (χ3v) is 21.2. The van der Waals surface area contributed by atoms with Crippen LogP contribution in [0.4, 0.5) is 79.9 Å². The molecule has 3 aromatic carbocycles. The van der Waals surface area contributed by atoms with E-state index in [1.54, 1.807) is 54.0 Å². The highest BCUT2D eigenvalue weighted by atomic mass is 19.4. The van der Waals surface area contributed by atoms with Crippen molar-refractivity contribution in [2.45, 2.75) is 123 Å². The molecule has 4 saturated carbocycles. The van der Waals surface area contributed by atoms with Crippen molar-refractivity contribution in [1.82, 2.24) is 44.8 Å². The quantitative estimate of drug-likeness (QED) is 0.0924. The molecule has 98 heavy (non-hydrogen) atoms. The highest BCUT2D eigenvalue weighted by Gasteiger charge is 2.68. The van der Waals surface area contributed by atoms with Crippen LogP contribution < -0.4 is 24.8 Å². The second-order valence-corrected chi connectivity index (χ2v) is 28.4. The zero-order chi connectivity index (χ0) is 70.5. The lowest BCUT2D eigenvalue weighted by Gasteiger charge is -2.61. The maximum Gasteiger partial charge on any atom is 0.573 e. The number of benzene rings is 3. The molecule has 0 bridgehead atoms. The number of nitrogens with one attached hydrogen (secondary N) is 1. The van der Waals surface area contributed by atoms with E-state index in [1.165, 1.54) is 64.7 Å². The van der Waals surface area contributed by atoms with Crippen molar-refractivity contribution in [1.29, 1.82) is 0 Å². The van der Waals surface area contributed by atoms with Gasteiger partial charge in [-0.05, 0) is 202 Å². The van der Waals surface area contributed by atoms with Gasteiger partial charge in [-0.15, -0.1) is 13.2 Å². The van der Waals surface area contributed by atoms with Crippen LogP contribution in [0.3, 0.4) is 0 Å². The van der Waals surface area contributed by atoms with Crippen molar-refractivity contribution in [3.8, 4) is 5.75 Å². The van der Waals surface area contributed by atoms with E-state index in [-0.39, 0.29) is 89.6 Å². The van der Waals surface area contributed by atoms with Crippen molar-refractivity contribution in [2.24, 2.45) is 5.92 Å². The van der Waals surface area contributed by atoms with Gasteiger partial charge in [0.1, 0.15) is 40.4 Å². The number of aryl methyl sites for hydroxylation is 2. The Morgan fingerprint density at radius 3 is 1.43 bits per heavy atom. The topological polar surface area (TPSA) is 146 Å². The molecule has 4 aliphatic carbocycles. The molecular weight excluding hydrogens is 1300 g/mol. The van der Waals surface area contributed by atoms with Crippen LogP contribution in [-0.4, -0.2) is 174 Å². The molecule has 3 aromatic heterocycles. The molecule has 28 heteroatoms. The molecule has 8 fully saturated rings. The largest absolute Gasteiger partial charge is 0.573 e. The summed E-state index contributed by atoms with van der Waals surface area (Å²) in [6.07, 6.45) is -0.878. The molecule has 524 valence electrons. The monoisotopic (exact) mass is 1370 g/mol. The summed E-state index contributed by atoms with van der Waals surface area (Å²) in [4.78, 5) is 65.8. The minimum absolute atomic E-state index is 0.0943. The van der Waals surface area contributed by atoms with Crippen LogP contribution in [0.1, 0.15) is 103 Å². The number of urea groups is 3. The number of anilines is 3. The third kappa shape index (κ3) is 12.9. The number of ether oxygens (including phenoxy) is 2. The summed E-state index contributed by atoms with van der Waals surface area (Å²) in [5.74, 6) is -0.815. The Morgan fingerprint density at radius 2 is 1.03 bits per heavy atom. The number of aromatic nitrogens is 3. The number of alkyl halides is 8. The minimum atomic E-state index is -4.87. The molecule has 1 N–H and O–H groups in total. The van der Waals surface area contributed by atoms with Gasteiger partial charge in [0.05, 0.1) is 103 Å². The van der Waals surface area contributed by atoms with E-state index in [0.717, 1.165) is 41.8 Å². The number of amides is 6. The van der Waals surface area contributed by atoms with Crippen LogP contribution in [0.5, 0.6) is 5.75 Å². The zero-order valence-electron chi connectivity index (χ0n) is 55.4. The summed E-state index contributed by atoms with van der Waals surface area (Å²) in [6.45, 7) is 4.72. The van der Waals surface area contributed by atoms with Gasteiger partial charge in [-0.2, -0.15) is 0 Å². The van der Waals surface area contributed by atoms with Crippen molar-refractivity contribution in [3.05, 3.63) is 172 Å². The summed E-state index contributed by atoms with van der Waals surface area (Å²) < 4.78 is 156. The highest BCUT2D eigenvalue weighted by Crippen LogP contribution is 2.60. The Kier molecular flexibility index (Phi) is 18.1. The molecule has 6 aromatic rings. The van der Waals surface area contributed by atoms with Gasteiger partial charge in [0.15, 0.2) is 5.67 Å². The van der Waals surface area contributed by atoms with E-state index >= 15 is 4.39 Å². The van der Waals surface area contributed by atoms with Gasteiger partial charge in [0.2, 0.25) is 0 Å². The number of nitrogens with zero attached hydrogens (tertiary/aromatic N) is 11. The van der Waals surface area contributed by atoms with Crippen LogP contribution >= 0.6 is 0 Å². The summed E-state index contributed by atoms with van der Waals surface area (Å²) >= 11 is 0. The summed E-state index contributed by atoms with van der Waals surface area (Å²) in [6, 6.07) is 23.7. The lowest BCUT2D eigenvalue weighted by molar-refractivity contribution is -0.274. The molecule has 0 unspecified atom stereocenters. The van der Waals surface area contributed by atoms with Gasteiger partial charge in [-0.1, -0.05) is 36.4 Å². The average Bonchev–Trinajstić information content (AvgIpc) is 1.49. The molecule has 4 saturated heterocycles. The van der Waals surface area contributed by atoms with Crippen molar-refractivity contribution in [3.63, 3.8) is 0 Å². The fourth-order valence-electron chi connectivity index (χ4n) is 15.9. The number of carbonyl (C=O) groups is 3. The van der Waals surface area contributed by atoms with Gasteiger partial charge in [-0.3, -0.25) is 39.4 Å². The number of carbonyl (C=O) groups excluding carboxylic acids is 3. The van der Waals surface area contributed by atoms with E-state index in [0.29, 0.717) is 86.6 Å². The average molecular weight is 1380 g/mol. The number of pyridine rings is 3. The second-order valence-electron chi connectivity index (χ2n) is 28.4. The van der Waals surface area contributed by atoms with Crippen molar-refractivity contribution >= 4 is 35.3 Å². The van der Waals surface area contributed by atoms with Crippen LogP contribution in [0.2, 0.25) is 0 Å². The first kappa shape index (κ1) is 69.7. The van der Waals surface area contributed by atoms with Crippen molar-refractivity contribution in [2.75, 3.05) is 103 Å². The summed E-state index contributed by atoms with van der Waals surface area (Å²) in [5.41, 5.74) is -0.414. The molecule has 17 nitrogen and oxygen atoms in total. The molecule has 4 aliphatic heterocycles. The van der Waals surface area contributed by atoms with Crippen molar-refractivity contribution < 1.29 is 72.2 Å². The van der Waals surface area contributed by atoms with Gasteiger partial charge >= 0.3 is 24.5 Å². The maximum absolute atomic E-state index is 15.2. The van der Waals surface area contributed by atoms with Crippen LogP contribution in [0, 0.1) is 37.2 Å². The predicted molar refractivity (Wildman–Crippen MR) is 342 cm³/mol. The SMILES string of the molecule is CN(C)C1(c2cccc(F)c2)CC2(CN(c3ccc(OC(F)(F)F)cn3)C(=O)N2CC2(F)COC2)C1.Cc1cc(C(F)F)ncc1N1CC2(CC(c3cccc(F)c3)(N(C)C)C2)N(CC2CC2)C1=O.Cc1cc(C(F)F)ncc1N1CC2(CC(c3cccc(F)c3)(N(C)C)C2)NC1=O. The fraction of sp³-hybridized carbons (Fsp3) is 0.486. The lowest BCUT2D eigenvalue weighted by Crippen LogP contribution is -2.70.